The fourth-order valence-corrected chi connectivity index (χ4v) is 3.34. The molecule has 2 rings (SSSR count). The van der Waals surface area contributed by atoms with Crippen LogP contribution in [0, 0.1) is 17.0 Å². The molecule has 0 saturated heterocycles. The first-order valence-corrected chi connectivity index (χ1v) is 8.26. The SMILES string of the molecule is CCOC(=O)C(C(=O)OCC)n1c(=O)sc2c(C)cc([N+](=O)[O-])cc21. The predicted octanol–water partition coefficient (Wildman–Crippen LogP) is 1.95. The number of hydrogen-bond donors (Lipinski definition) is 0. The molecule has 0 N–H and O–H groups in total. The van der Waals surface area contributed by atoms with Crippen LogP contribution in [0.25, 0.3) is 10.2 Å². The minimum atomic E-state index is -1.65. The van der Waals surface area contributed by atoms with E-state index < -0.39 is 27.8 Å². The van der Waals surface area contributed by atoms with Crippen molar-refractivity contribution in [1.82, 2.24) is 4.57 Å². The topological polar surface area (TPSA) is 118 Å². The molecule has 0 aliphatic heterocycles. The molecule has 1 aromatic heterocycles. The molecular formula is C15H16N2O7S. The first kappa shape index (κ1) is 18.6. The van der Waals surface area contributed by atoms with Crippen LogP contribution >= 0.6 is 11.3 Å². The Hall–Kier alpha value is -2.75. The summed E-state index contributed by atoms with van der Waals surface area (Å²) in [6, 6.07) is 0.834. The van der Waals surface area contributed by atoms with E-state index in [9.17, 15) is 24.5 Å². The zero-order chi connectivity index (χ0) is 18.7. The van der Waals surface area contributed by atoms with Gasteiger partial charge in [-0.25, -0.2) is 9.59 Å². The van der Waals surface area contributed by atoms with Gasteiger partial charge < -0.3 is 9.47 Å². The van der Waals surface area contributed by atoms with E-state index in [1.165, 1.54) is 6.07 Å². The lowest BCUT2D eigenvalue weighted by atomic mass is 10.2. The number of benzene rings is 1. The summed E-state index contributed by atoms with van der Waals surface area (Å²) in [4.78, 5) is 46.8. The Morgan fingerprint density at radius 1 is 1.24 bits per heavy atom. The standard InChI is InChI=1S/C15H16N2O7S/c1-4-23-13(18)11(14(19)24-5-2)16-10-7-9(17(21)22)6-8(3)12(10)25-15(16)20/h6-7,11H,4-5H2,1-3H3. The average Bonchev–Trinajstić information content (AvgIpc) is 2.85. The highest BCUT2D eigenvalue weighted by molar-refractivity contribution is 7.16. The smallest absolute Gasteiger partial charge is 0.341 e. The summed E-state index contributed by atoms with van der Waals surface area (Å²) >= 11 is 0.794. The number of aryl methyl sites for hydroxylation is 1. The molecule has 0 bridgehead atoms. The van der Waals surface area contributed by atoms with Gasteiger partial charge in [0.15, 0.2) is 0 Å². The van der Waals surface area contributed by atoms with Gasteiger partial charge in [-0.1, -0.05) is 11.3 Å². The summed E-state index contributed by atoms with van der Waals surface area (Å²) in [6.45, 7) is 4.74. The molecule has 1 heterocycles. The molecule has 0 aliphatic carbocycles. The van der Waals surface area contributed by atoms with Crippen LogP contribution in [-0.4, -0.2) is 34.6 Å². The monoisotopic (exact) mass is 368 g/mol. The first-order chi connectivity index (χ1) is 11.8. The molecule has 0 amide bonds. The minimum absolute atomic E-state index is 0.00470. The summed E-state index contributed by atoms with van der Waals surface area (Å²) in [7, 11) is 0. The predicted molar refractivity (Wildman–Crippen MR) is 89.8 cm³/mol. The van der Waals surface area contributed by atoms with Crippen molar-refractivity contribution in [2.75, 3.05) is 13.2 Å². The van der Waals surface area contributed by atoms with Crippen LogP contribution in [0.2, 0.25) is 0 Å². The molecule has 9 nitrogen and oxygen atoms in total. The number of carbonyl (C=O) groups is 2. The Balaban J connectivity index is 2.75. The third-order valence-corrected chi connectivity index (χ3v) is 4.48. The Kier molecular flexibility index (Phi) is 5.52. The molecule has 2 aromatic rings. The molecule has 0 radical (unpaired) electrons. The normalized spacial score (nSPS) is 10.9. The number of nitro benzene ring substituents is 1. The van der Waals surface area contributed by atoms with Crippen molar-refractivity contribution in [3.05, 3.63) is 37.5 Å². The molecule has 134 valence electrons. The highest BCUT2D eigenvalue weighted by Crippen LogP contribution is 2.29. The van der Waals surface area contributed by atoms with Gasteiger partial charge in [0.05, 0.1) is 28.4 Å². The van der Waals surface area contributed by atoms with Crippen LogP contribution in [-0.2, 0) is 19.1 Å². The van der Waals surface area contributed by atoms with E-state index in [-0.39, 0.29) is 24.4 Å². The maximum Gasteiger partial charge on any atom is 0.341 e. The molecule has 0 aliphatic rings. The molecule has 10 heteroatoms. The van der Waals surface area contributed by atoms with Crippen LogP contribution in [0.3, 0.4) is 0 Å². The fourth-order valence-electron chi connectivity index (χ4n) is 2.38. The van der Waals surface area contributed by atoms with Crippen molar-refractivity contribution in [3.8, 4) is 0 Å². The second-order valence-corrected chi connectivity index (χ2v) is 5.97. The van der Waals surface area contributed by atoms with Gasteiger partial charge in [0, 0.05) is 12.1 Å². The summed E-state index contributed by atoms with van der Waals surface area (Å²) in [6.07, 6.45) is 0. The van der Waals surface area contributed by atoms with Crippen LogP contribution in [0.4, 0.5) is 5.69 Å². The van der Waals surface area contributed by atoms with Crippen molar-refractivity contribution >= 4 is 39.2 Å². The van der Waals surface area contributed by atoms with Crippen molar-refractivity contribution in [2.24, 2.45) is 0 Å². The number of rotatable bonds is 6. The number of ether oxygens (including phenoxy) is 2. The van der Waals surface area contributed by atoms with Gasteiger partial charge in [0.1, 0.15) is 0 Å². The van der Waals surface area contributed by atoms with Crippen LogP contribution in [0.5, 0.6) is 0 Å². The van der Waals surface area contributed by atoms with Crippen molar-refractivity contribution in [2.45, 2.75) is 26.8 Å². The number of non-ortho nitro benzene ring substituents is 1. The summed E-state index contributed by atoms with van der Waals surface area (Å²) in [5.74, 6) is -1.90. The fraction of sp³-hybridized carbons (Fsp3) is 0.400. The highest BCUT2D eigenvalue weighted by atomic mass is 32.1. The zero-order valence-corrected chi connectivity index (χ0v) is 14.6. The van der Waals surface area contributed by atoms with Crippen LogP contribution in [0.1, 0.15) is 25.5 Å². The second-order valence-electron chi connectivity index (χ2n) is 5.01. The lowest BCUT2D eigenvalue weighted by Gasteiger charge is -2.16. The second kappa shape index (κ2) is 7.43. The Morgan fingerprint density at radius 3 is 2.28 bits per heavy atom. The summed E-state index contributed by atoms with van der Waals surface area (Å²) in [5, 5.41) is 11.1. The van der Waals surface area contributed by atoms with Gasteiger partial charge in [0.2, 0.25) is 6.04 Å². The summed E-state index contributed by atoms with van der Waals surface area (Å²) in [5.41, 5.74) is 0.368. The van der Waals surface area contributed by atoms with E-state index in [0.29, 0.717) is 10.3 Å². The molecule has 0 spiro atoms. The third kappa shape index (κ3) is 3.53. The number of esters is 2. The van der Waals surface area contributed by atoms with Gasteiger partial charge >= 0.3 is 16.8 Å². The van der Waals surface area contributed by atoms with Gasteiger partial charge in [-0.05, 0) is 26.3 Å². The number of fused-ring (bicyclic) bond motifs is 1. The van der Waals surface area contributed by atoms with E-state index in [2.05, 4.69) is 0 Å². The molecule has 0 unspecified atom stereocenters. The number of carbonyl (C=O) groups excluding carboxylic acids is 2. The van der Waals surface area contributed by atoms with Gasteiger partial charge in [-0.3, -0.25) is 19.5 Å². The molecule has 0 saturated carbocycles. The summed E-state index contributed by atoms with van der Waals surface area (Å²) < 4.78 is 11.1. The first-order valence-electron chi connectivity index (χ1n) is 7.45. The quantitative estimate of drug-likeness (QED) is 0.331. The average molecular weight is 368 g/mol. The number of nitrogens with zero attached hydrogens (tertiary/aromatic N) is 2. The third-order valence-electron chi connectivity index (χ3n) is 3.37. The Bertz CT molecular complexity index is 881. The van der Waals surface area contributed by atoms with E-state index in [0.717, 1.165) is 22.0 Å². The molecule has 0 atom stereocenters. The highest BCUT2D eigenvalue weighted by Gasteiger charge is 2.35. The van der Waals surface area contributed by atoms with Gasteiger partial charge in [0.25, 0.3) is 5.69 Å². The molecule has 0 fully saturated rings. The maximum atomic E-state index is 12.4. The molecular weight excluding hydrogens is 352 g/mol. The van der Waals surface area contributed by atoms with E-state index >= 15 is 0 Å². The Morgan fingerprint density at radius 2 is 1.80 bits per heavy atom. The van der Waals surface area contributed by atoms with Crippen LogP contribution in [0.15, 0.2) is 16.9 Å². The minimum Gasteiger partial charge on any atom is -0.464 e. The number of nitro groups is 1. The number of aromatic nitrogens is 1. The lowest BCUT2D eigenvalue weighted by Crippen LogP contribution is -2.35. The molecule has 25 heavy (non-hydrogen) atoms. The number of hydrogen-bond acceptors (Lipinski definition) is 8. The van der Waals surface area contributed by atoms with Crippen molar-refractivity contribution < 1.29 is 24.0 Å². The maximum absolute atomic E-state index is 12.4. The number of thiazole rings is 1. The zero-order valence-electron chi connectivity index (χ0n) is 13.8. The van der Waals surface area contributed by atoms with Crippen molar-refractivity contribution in [3.63, 3.8) is 0 Å². The van der Waals surface area contributed by atoms with E-state index in [1.54, 1.807) is 20.8 Å². The van der Waals surface area contributed by atoms with Crippen LogP contribution < -0.4 is 4.87 Å². The largest absolute Gasteiger partial charge is 0.464 e. The van der Waals surface area contributed by atoms with Gasteiger partial charge in [-0.2, -0.15) is 0 Å². The molecule has 1 aromatic carbocycles. The van der Waals surface area contributed by atoms with E-state index in [4.69, 9.17) is 9.47 Å². The van der Waals surface area contributed by atoms with Crippen molar-refractivity contribution in [1.29, 1.82) is 0 Å². The van der Waals surface area contributed by atoms with Gasteiger partial charge in [-0.15, -0.1) is 0 Å². The van der Waals surface area contributed by atoms with E-state index in [1.807, 2.05) is 0 Å². The Labute approximate surface area is 145 Å². The lowest BCUT2D eigenvalue weighted by molar-refractivity contribution is -0.384.